The molecule has 0 radical (unpaired) electrons. The third-order valence-electron chi connectivity index (χ3n) is 2.01. The van der Waals surface area contributed by atoms with Gasteiger partial charge in [-0.25, -0.2) is 0 Å². The summed E-state index contributed by atoms with van der Waals surface area (Å²) < 4.78 is 0. The fourth-order valence-electron chi connectivity index (χ4n) is 1.17. The van der Waals surface area contributed by atoms with Gasteiger partial charge in [-0.3, -0.25) is 4.79 Å². The maximum absolute atomic E-state index is 11.0. The number of nitrogens with two attached hydrogens (primary N) is 1. The predicted octanol–water partition coefficient (Wildman–Crippen LogP) is 2.67. The van der Waals surface area contributed by atoms with Gasteiger partial charge in [-0.1, -0.05) is 30.1 Å². The third-order valence-corrected chi connectivity index (χ3v) is 2.56. The molecule has 0 heterocycles. The van der Waals surface area contributed by atoms with Crippen LogP contribution in [0, 0.1) is 0 Å². The van der Waals surface area contributed by atoms with Gasteiger partial charge in [0.15, 0.2) is 0 Å². The lowest BCUT2D eigenvalue weighted by Gasteiger charge is -2.15. The van der Waals surface area contributed by atoms with Gasteiger partial charge in [-0.15, -0.1) is 0 Å². The van der Waals surface area contributed by atoms with Crippen LogP contribution in [0.5, 0.6) is 0 Å². The second kappa shape index (κ2) is 5.24. The second-order valence-electron chi connectivity index (χ2n) is 3.13. The minimum atomic E-state index is -0.413. The van der Waals surface area contributed by atoms with Crippen molar-refractivity contribution in [3.8, 4) is 0 Å². The summed E-state index contributed by atoms with van der Waals surface area (Å²) in [5, 5.41) is 3.99. The largest absolute Gasteiger partial charge is 0.372 e. The summed E-state index contributed by atoms with van der Waals surface area (Å²) in [6.07, 6.45) is 0.605. The van der Waals surface area contributed by atoms with Crippen molar-refractivity contribution in [1.29, 1.82) is 0 Å². The van der Waals surface area contributed by atoms with Crippen LogP contribution in [0.3, 0.4) is 0 Å². The summed E-state index contributed by atoms with van der Waals surface area (Å²) in [7, 11) is 0. The van der Waals surface area contributed by atoms with Gasteiger partial charge < -0.3 is 11.1 Å². The van der Waals surface area contributed by atoms with E-state index in [1.807, 2.05) is 6.92 Å². The van der Waals surface area contributed by atoms with Crippen LogP contribution in [0.25, 0.3) is 0 Å². The van der Waals surface area contributed by atoms with Crippen LogP contribution in [0.4, 0.5) is 5.69 Å². The van der Waals surface area contributed by atoms with Crippen LogP contribution in [0.15, 0.2) is 18.2 Å². The van der Waals surface area contributed by atoms with E-state index in [0.717, 1.165) is 0 Å². The number of nitrogens with one attached hydrogen (secondary N) is 1. The first-order chi connectivity index (χ1) is 7.04. The van der Waals surface area contributed by atoms with Crippen molar-refractivity contribution in [3.05, 3.63) is 28.2 Å². The number of primary amides is 1. The first-order valence-electron chi connectivity index (χ1n) is 4.55. The molecular formula is C10H12Cl2N2O. The highest BCUT2D eigenvalue weighted by Gasteiger charge is 2.13. The maximum atomic E-state index is 11.0. The third kappa shape index (κ3) is 3.29. The Hall–Kier alpha value is -0.930. The smallest absolute Gasteiger partial charge is 0.239 e. The molecule has 0 saturated carbocycles. The highest BCUT2D eigenvalue weighted by Crippen LogP contribution is 2.26. The molecule has 1 amide bonds. The molecule has 82 valence electrons. The van der Waals surface area contributed by atoms with Gasteiger partial charge in [0.25, 0.3) is 0 Å². The zero-order valence-electron chi connectivity index (χ0n) is 8.26. The minimum Gasteiger partial charge on any atom is -0.372 e. The van der Waals surface area contributed by atoms with E-state index in [9.17, 15) is 4.79 Å². The molecule has 0 fully saturated rings. The Morgan fingerprint density at radius 2 is 2.20 bits per heavy atom. The first kappa shape index (κ1) is 12.1. The van der Waals surface area contributed by atoms with Crippen LogP contribution in [-0.2, 0) is 4.79 Å². The highest BCUT2D eigenvalue weighted by atomic mass is 35.5. The van der Waals surface area contributed by atoms with Crippen molar-refractivity contribution in [3.63, 3.8) is 0 Å². The molecule has 1 unspecified atom stereocenters. The molecule has 0 aliphatic rings. The maximum Gasteiger partial charge on any atom is 0.239 e. The normalized spacial score (nSPS) is 12.2. The highest BCUT2D eigenvalue weighted by molar-refractivity contribution is 6.36. The number of carbonyl (C=O) groups is 1. The number of anilines is 1. The van der Waals surface area contributed by atoms with Gasteiger partial charge in [0.2, 0.25) is 5.91 Å². The molecule has 0 aliphatic carbocycles. The van der Waals surface area contributed by atoms with Gasteiger partial charge in [-0.05, 0) is 24.6 Å². The second-order valence-corrected chi connectivity index (χ2v) is 3.98. The van der Waals surface area contributed by atoms with Crippen LogP contribution in [0.1, 0.15) is 13.3 Å². The number of hydrogen-bond acceptors (Lipinski definition) is 2. The standard InChI is InChI=1S/C10H12Cl2N2O/c1-2-8(10(13)15)14-9-4-3-6(11)5-7(9)12/h3-5,8,14H,2H2,1H3,(H2,13,15). The van der Waals surface area contributed by atoms with E-state index in [-0.39, 0.29) is 0 Å². The van der Waals surface area contributed by atoms with Crippen molar-refractivity contribution < 1.29 is 4.79 Å². The molecule has 15 heavy (non-hydrogen) atoms. The minimum absolute atomic E-state index is 0.400. The summed E-state index contributed by atoms with van der Waals surface area (Å²) in [4.78, 5) is 11.0. The zero-order chi connectivity index (χ0) is 11.4. The van der Waals surface area contributed by atoms with Crippen molar-refractivity contribution in [2.75, 3.05) is 5.32 Å². The molecule has 3 N–H and O–H groups in total. The summed E-state index contributed by atoms with van der Waals surface area (Å²) in [5.74, 6) is -0.400. The van der Waals surface area contributed by atoms with Crippen LogP contribution < -0.4 is 11.1 Å². The van der Waals surface area contributed by atoms with Crippen molar-refractivity contribution >= 4 is 34.8 Å². The van der Waals surface area contributed by atoms with Crippen molar-refractivity contribution in [2.45, 2.75) is 19.4 Å². The number of benzene rings is 1. The van der Waals surface area contributed by atoms with E-state index in [1.165, 1.54) is 0 Å². The van der Waals surface area contributed by atoms with Gasteiger partial charge in [0.1, 0.15) is 6.04 Å². The SMILES string of the molecule is CCC(Nc1ccc(Cl)cc1Cl)C(N)=O. The first-order valence-corrected chi connectivity index (χ1v) is 5.31. The van der Waals surface area contributed by atoms with E-state index < -0.39 is 11.9 Å². The van der Waals surface area contributed by atoms with Gasteiger partial charge in [-0.2, -0.15) is 0 Å². The number of hydrogen-bond donors (Lipinski definition) is 2. The zero-order valence-corrected chi connectivity index (χ0v) is 9.77. The molecule has 0 bridgehead atoms. The Morgan fingerprint density at radius 1 is 1.53 bits per heavy atom. The average Bonchev–Trinajstić information content (AvgIpc) is 2.16. The molecule has 0 spiro atoms. The molecule has 0 saturated heterocycles. The molecule has 0 aliphatic heterocycles. The predicted molar refractivity (Wildman–Crippen MR) is 63.4 cm³/mol. The summed E-state index contributed by atoms with van der Waals surface area (Å²) in [5.41, 5.74) is 5.86. The lowest BCUT2D eigenvalue weighted by molar-refractivity contribution is -0.118. The van der Waals surface area contributed by atoms with Crippen molar-refractivity contribution in [1.82, 2.24) is 0 Å². The Labute approximate surface area is 98.5 Å². The summed E-state index contributed by atoms with van der Waals surface area (Å²) in [6, 6.07) is 4.61. The molecule has 1 aromatic carbocycles. The topological polar surface area (TPSA) is 55.1 Å². The van der Waals surface area contributed by atoms with Crippen molar-refractivity contribution in [2.24, 2.45) is 5.73 Å². The fourth-order valence-corrected chi connectivity index (χ4v) is 1.63. The molecule has 0 aromatic heterocycles. The summed E-state index contributed by atoms with van der Waals surface area (Å²) in [6.45, 7) is 1.87. The average molecular weight is 247 g/mol. The quantitative estimate of drug-likeness (QED) is 0.859. The number of amides is 1. The molecule has 1 aromatic rings. The Morgan fingerprint density at radius 3 is 2.67 bits per heavy atom. The molecule has 1 atom stereocenters. The van der Waals surface area contributed by atoms with E-state index >= 15 is 0 Å². The number of halogens is 2. The van der Waals surface area contributed by atoms with Crippen LogP contribution in [-0.4, -0.2) is 11.9 Å². The van der Waals surface area contributed by atoms with E-state index in [2.05, 4.69) is 5.32 Å². The molecule has 3 nitrogen and oxygen atoms in total. The molecular weight excluding hydrogens is 235 g/mol. The number of carbonyl (C=O) groups excluding carboxylic acids is 1. The molecule has 5 heteroatoms. The lowest BCUT2D eigenvalue weighted by Crippen LogP contribution is -2.34. The van der Waals surface area contributed by atoms with Crippen LogP contribution in [0.2, 0.25) is 10.0 Å². The molecule has 1 rings (SSSR count). The Bertz CT molecular complexity index is 368. The van der Waals surface area contributed by atoms with Crippen LogP contribution >= 0.6 is 23.2 Å². The number of rotatable bonds is 4. The van der Waals surface area contributed by atoms with E-state index in [1.54, 1.807) is 18.2 Å². The van der Waals surface area contributed by atoms with E-state index in [0.29, 0.717) is 22.2 Å². The fraction of sp³-hybridized carbons (Fsp3) is 0.300. The van der Waals surface area contributed by atoms with Gasteiger partial charge in [0.05, 0.1) is 10.7 Å². The Balaban J connectivity index is 2.84. The summed E-state index contributed by atoms with van der Waals surface area (Å²) >= 11 is 11.7. The monoisotopic (exact) mass is 246 g/mol. The van der Waals surface area contributed by atoms with E-state index in [4.69, 9.17) is 28.9 Å². The van der Waals surface area contributed by atoms with Gasteiger partial charge >= 0.3 is 0 Å². The lowest BCUT2D eigenvalue weighted by atomic mass is 10.2. The van der Waals surface area contributed by atoms with Gasteiger partial charge in [0, 0.05) is 5.02 Å². The Kier molecular flexibility index (Phi) is 4.24.